The second-order valence-electron chi connectivity index (χ2n) is 9.11. The van der Waals surface area contributed by atoms with Crippen molar-refractivity contribution in [2.45, 2.75) is 45.3 Å². The Labute approximate surface area is 198 Å². The minimum absolute atomic E-state index is 0.00655. The fourth-order valence-electron chi connectivity index (χ4n) is 3.97. The zero-order valence-corrected chi connectivity index (χ0v) is 19.7. The Bertz CT molecular complexity index is 1180. The molecule has 0 saturated carbocycles. The summed E-state index contributed by atoms with van der Waals surface area (Å²) >= 11 is 0. The SMILES string of the molecule is COCC1=C(C(=O)NC(C)C)c2c(C(F)(F)F)n[nH]c2C(C)(C)CN1C(=O)c1ccc(F)c(F)c1. The Balaban J connectivity index is 2.37. The molecule has 1 aromatic heterocycles. The zero-order chi connectivity index (χ0) is 26.3. The van der Waals surface area contributed by atoms with Crippen LogP contribution in [0.4, 0.5) is 22.0 Å². The van der Waals surface area contributed by atoms with Gasteiger partial charge in [-0.15, -0.1) is 0 Å². The van der Waals surface area contributed by atoms with Crippen LogP contribution in [0.15, 0.2) is 23.9 Å². The molecule has 1 aliphatic rings. The lowest BCUT2D eigenvalue weighted by molar-refractivity contribution is -0.141. The third-order valence-corrected chi connectivity index (χ3v) is 5.47. The van der Waals surface area contributed by atoms with Gasteiger partial charge in [-0.3, -0.25) is 14.7 Å². The summed E-state index contributed by atoms with van der Waals surface area (Å²) in [5.74, 6) is -4.15. The molecule has 7 nitrogen and oxygen atoms in total. The zero-order valence-electron chi connectivity index (χ0n) is 19.7. The van der Waals surface area contributed by atoms with E-state index in [1.807, 2.05) is 0 Å². The van der Waals surface area contributed by atoms with Gasteiger partial charge in [-0.05, 0) is 32.0 Å². The van der Waals surface area contributed by atoms with Crippen LogP contribution in [-0.2, 0) is 21.1 Å². The van der Waals surface area contributed by atoms with Crippen molar-refractivity contribution in [2.24, 2.45) is 0 Å². The van der Waals surface area contributed by atoms with Crippen molar-refractivity contribution in [2.75, 3.05) is 20.3 Å². The second-order valence-corrected chi connectivity index (χ2v) is 9.11. The van der Waals surface area contributed by atoms with Gasteiger partial charge in [-0.2, -0.15) is 18.3 Å². The number of carbonyl (C=O) groups is 2. The van der Waals surface area contributed by atoms with E-state index in [4.69, 9.17) is 4.74 Å². The highest BCUT2D eigenvalue weighted by molar-refractivity contribution is 6.22. The predicted molar refractivity (Wildman–Crippen MR) is 116 cm³/mol. The molecule has 2 N–H and O–H groups in total. The Kier molecular flexibility index (Phi) is 7.07. The van der Waals surface area contributed by atoms with Gasteiger partial charge in [-0.25, -0.2) is 8.78 Å². The maximum atomic E-state index is 14.0. The van der Waals surface area contributed by atoms with Gasteiger partial charge in [0.1, 0.15) is 0 Å². The molecule has 3 rings (SSSR count). The van der Waals surface area contributed by atoms with Gasteiger partial charge in [0.05, 0.1) is 23.6 Å². The maximum Gasteiger partial charge on any atom is 0.435 e. The number of aromatic nitrogens is 2. The van der Waals surface area contributed by atoms with Crippen molar-refractivity contribution in [3.63, 3.8) is 0 Å². The first-order valence-electron chi connectivity index (χ1n) is 10.6. The molecule has 0 radical (unpaired) electrons. The first-order valence-corrected chi connectivity index (χ1v) is 10.6. The van der Waals surface area contributed by atoms with Crippen molar-refractivity contribution in [1.29, 1.82) is 0 Å². The second kappa shape index (κ2) is 9.40. The Morgan fingerprint density at radius 2 is 1.89 bits per heavy atom. The lowest BCUT2D eigenvalue weighted by atomic mass is 9.84. The van der Waals surface area contributed by atoms with Crippen LogP contribution in [0.3, 0.4) is 0 Å². The molecule has 0 atom stereocenters. The van der Waals surface area contributed by atoms with E-state index in [1.54, 1.807) is 27.7 Å². The fraction of sp³-hybridized carbons (Fsp3) is 0.435. The summed E-state index contributed by atoms with van der Waals surface area (Å²) in [6, 6.07) is 2.07. The first kappa shape index (κ1) is 26.3. The molecular weight excluding hydrogens is 475 g/mol. The number of hydrogen-bond acceptors (Lipinski definition) is 4. The molecule has 0 saturated heterocycles. The normalized spacial score (nSPS) is 15.8. The molecule has 0 fully saturated rings. The molecule has 0 spiro atoms. The number of hydrogen-bond donors (Lipinski definition) is 2. The lowest BCUT2D eigenvalue weighted by Gasteiger charge is -2.32. The maximum absolute atomic E-state index is 14.0. The topological polar surface area (TPSA) is 87.3 Å². The average Bonchev–Trinajstić information content (AvgIpc) is 3.15. The summed E-state index contributed by atoms with van der Waals surface area (Å²) in [6.07, 6.45) is -4.92. The predicted octanol–water partition coefficient (Wildman–Crippen LogP) is 4.02. The van der Waals surface area contributed by atoms with E-state index >= 15 is 0 Å². The number of aromatic amines is 1. The van der Waals surface area contributed by atoms with Crippen molar-refractivity contribution < 1.29 is 36.3 Å². The number of methoxy groups -OCH3 is 1. The van der Waals surface area contributed by atoms with E-state index < -0.39 is 64.5 Å². The number of H-pyrrole nitrogens is 1. The smallest absolute Gasteiger partial charge is 0.378 e. The molecular formula is C23H25F5N4O3. The number of nitrogens with one attached hydrogen (secondary N) is 2. The molecule has 0 unspecified atom stereocenters. The molecule has 0 aliphatic carbocycles. The number of ether oxygens (including phenoxy) is 1. The largest absolute Gasteiger partial charge is 0.435 e. The summed E-state index contributed by atoms with van der Waals surface area (Å²) < 4.78 is 74.5. The summed E-state index contributed by atoms with van der Waals surface area (Å²) in [6.45, 7) is 5.76. The number of rotatable bonds is 5. The summed E-state index contributed by atoms with van der Waals surface area (Å²) in [5.41, 5.74) is -3.85. The van der Waals surface area contributed by atoms with Gasteiger partial charge >= 0.3 is 6.18 Å². The Morgan fingerprint density at radius 1 is 1.23 bits per heavy atom. The molecule has 2 aromatic rings. The minimum Gasteiger partial charge on any atom is -0.378 e. The first-order chi connectivity index (χ1) is 16.2. The van der Waals surface area contributed by atoms with E-state index in [1.165, 1.54) is 7.11 Å². The molecule has 35 heavy (non-hydrogen) atoms. The minimum atomic E-state index is -4.92. The van der Waals surface area contributed by atoms with Crippen LogP contribution in [0.2, 0.25) is 0 Å². The number of nitrogens with zero attached hydrogens (tertiary/aromatic N) is 2. The van der Waals surface area contributed by atoms with Crippen molar-refractivity contribution in [1.82, 2.24) is 20.4 Å². The third kappa shape index (κ3) is 5.07. The molecule has 12 heteroatoms. The highest BCUT2D eigenvalue weighted by Gasteiger charge is 2.47. The molecule has 2 heterocycles. The number of alkyl halides is 3. The number of carbonyl (C=O) groups excluding carboxylic acids is 2. The van der Waals surface area contributed by atoms with Crippen LogP contribution in [0.1, 0.15) is 55.0 Å². The summed E-state index contributed by atoms with van der Waals surface area (Å²) in [5, 5.41) is 8.44. The highest BCUT2D eigenvalue weighted by atomic mass is 19.4. The Hall–Kier alpha value is -3.28. The molecule has 0 bridgehead atoms. The van der Waals surface area contributed by atoms with Crippen LogP contribution in [0, 0.1) is 11.6 Å². The molecule has 2 amide bonds. The van der Waals surface area contributed by atoms with Crippen LogP contribution in [0.5, 0.6) is 0 Å². The fourth-order valence-corrected chi connectivity index (χ4v) is 3.97. The average molecular weight is 500 g/mol. The van der Waals surface area contributed by atoms with Crippen LogP contribution < -0.4 is 5.32 Å². The van der Waals surface area contributed by atoms with Gasteiger partial charge in [0.25, 0.3) is 11.8 Å². The van der Waals surface area contributed by atoms with Crippen molar-refractivity contribution in [3.8, 4) is 0 Å². The van der Waals surface area contributed by atoms with E-state index in [0.717, 1.165) is 17.0 Å². The van der Waals surface area contributed by atoms with Gasteiger partial charge in [0.2, 0.25) is 0 Å². The van der Waals surface area contributed by atoms with Crippen LogP contribution >= 0.6 is 0 Å². The monoisotopic (exact) mass is 500 g/mol. The lowest BCUT2D eigenvalue weighted by Crippen LogP contribution is -2.41. The summed E-state index contributed by atoms with van der Waals surface area (Å²) in [7, 11) is 1.25. The van der Waals surface area contributed by atoms with E-state index in [0.29, 0.717) is 6.07 Å². The summed E-state index contributed by atoms with van der Waals surface area (Å²) in [4.78, 5) is 27.9. The van der Waals surface area contributed by atoms with Gasteiger partial charge < -0.3 is 15.0 Å². The van der Waals surface area contributed by atoms with Crippen molar-refractivity contribution >= 4 is 17.4 Å². The van der Waals surface area contributed by atoms with Gasteiger partial charge in [-0.1, -0.05) is 13.8 Å². The van der Waals surface area contributed by atoms with E-state index in [-0.39, 0.29) is 23.5 Å². The standard InChI is InChI=1S/C23H25F5N4O3/c1-11(2)29-20(33)16-15(9-35-5)32(21(34)12-6-7-13(24)14(25)8-12)10-22(3,4)18-17(16)19(31-30-18)23(26,27)28/h6-8,11H,9-10H2,1-5H3,(H,29,33)(H,30,31). The van der Waals surface area contributed by atoms with Crippen LogP contribution in [0.25, 0.3) is 5.57 Å². The number of amides is 2. The molecule has 1 aromatic carbocycles. The van der Waals surface area contributed by atoms with E-state index in [2.05, 4.69) is 15.5 Å². The highest BCUT2D eigenvalue weighted by Crippen LogP contribution is 2.43. The van der Waals surface area contributed by atoms with Crippen LogP contribution in [-0.4, -0.2) is 53.2 Å². The van der Waals surface area contributed by atoms with E-state index in [9.17, 15) is 31.5 Å². The van der Waals surface area contributed by atoms with Gasteiger partial charge in [0.15, 0.2) is 17.3 Å². The Morgan fingerprint density at radius 3 is 2.43 bits per heavy atom. The quantitative estimate of drug-likeness (QED) is 0.608. The number of benzene rings is 1. The third-order valence-electron chi connectivity index (χ3n) is 5.47. The molecule has 1 aliphatic heterocycles. The number of fused-ring (bicyclic) bond motifs is 1. The van der Waals surface area contributed by atoms with Crippen molar-refractivity contribution in [3.05, 3.63) is 58.0 Å². The van der Waals surface area contributed by atoms with Gasteiger partial charge in [0, 0.05) is 36.2 Å². The number of halogens is 5. The molecule has 190 valence electrons.